The van der Waals surface area contributed by atoms with E-state index in [0.29, 0.717) is 10.8 Å². The minimum absolute atomic E-state index is 0.0159. The summed E-state index contributed by atoms with van der Waals surface area (Å²) in [5.74, 6) is -1.03. The van der Waals surface area contributed by atoms with Gasteiger partial charge in [0.25, 0.3) is 0 Å². The number of nitro groups is 1. The average Bonchev–Trinajstić information content (AvgIpc) is 3.06. The van der Waals surface area contributed by atoms with Crippen LogP contribution in [0.3, 0.4) is 0 Å². The van der Waals surface area contributed by atoms with Gasteiger partial charge in [0.1, 0.15) is 5.52 Å². The molecule has 0 bridgehead atoms. The first-order valence-electron chi connectivity index (χ1n) is 7.35. The minimum Gasteiger partial charge on any atom is -0.456 e. The molecule has 7 nitrogen and oxygen atoms in total. The molecule has 0 aliphatic heterocycles. The molecule has 2 heterocycles. The number of rotatable bonds is 3. The van der Waals surface area contributed by atoms with Gasteiger partial charge >= 0.3 is 11.7 Å². The van der Waals surface area contributed by atoms with Gasteiger partial charge in [0, 0.05) is 28.4 Å². The van der Waals surface area contributed by atoms with Crippen LogP contribution < -0.4 is 4.74 Å². The van der Waals surface area contributed by atoms with Crippen molar-refractivity contribution in [1.82, 2.24) is 4.98 Å². The van der Waals surface area contributed by atoms with Gasteiger partial charge in [-0.1, -0.05) is 30.3 Å². The number of fused-ring (bicyclic) bond motifs is 2. The lowest BCUT2D eigenvalue weighted by Gasteiger charge is -2.07. The van der Waals surface area contributed by atoms with Gasteiger partial charge in [-0.25, -0.2) is 4.79 Å². The number of nitrogens with zero attached hydrogens (tertiary/aromatic N) is 2. The molecule has 0 aliphatic carbocycles. The Morgan fingerprint density at radius 2 is 1.88 bits per heavy atom. The molecule has 7 heteroatoms. The van der Waals surface area contributed by atoms with E-state index in [1.807, 2.05) is 6.07 Å². The quantitative estimate of drug-likeness (QED) is 0.242. The Labute approximate surface area is 140 Å². The average molecular weight is 334 g/mol. The molecule has 2 aromatic heterocycles. The number of aromatic nitrogens is 1. The van der Waals surface area contributed by atoms with Gasteiger partial charge in [0.2, 0.25) is 11.5 Å². The molecule has 0 fully saturated rings. The first kappa shape index (κ1) is 14.8. The lowest BCUT2D eigenvalue weighted by atomic mass is 10.1. The van der Waals surface area contributed by atoms with Gasteiger partial charge < -0.3 is 9.15 Å². The van der Waals surface area contributed by atoms with E-state index in [4.69, 9.17) is 9.15 Å². The van der Waals surface area contributed by atoms with Crippen LogP contribution in [0.2, 0.25) is 0 Å². The number of carbonyl (C=O) groups is 1. The van der Waals surface area contributed by atoms with E-state index in [-0.39, 0.29) is 22.7 Å². The smallest absolute Gasteiger partial charge is 0.380 e. The van der Waals surface area contributed by atoms with Crippen molar-refractivity contribution in [3.05, 3.63) is 76.9 Å². The fourth-order valence-electron chi connectivity index (χ4n) is 2.64. The Hall–Kier alpha value is -3.74. The van der Waals surface area contributed by atoms with Gasteiger partial charge in [-0.05, 0) is 12.1 Å². The molecular weight excluding hydrogens is 324 g/mol. The van der Waals surface area contributed by atoms with E-state index in [2.05, 4.69) is 4.98 Å². The molecule has 0 radical (unpaired) electrons. The van der Waals surface area contributed by atoms with E-state index in [9.17, 15) is 14.9 Å². The van der Waals surface area contributed by atoms with Crippen molar-refractivity contribution >= 4 is 33.3 Å². The number of benzene rings is 2. The summed E-state index contributed by atoms with van der Waals surface area (Å²) in [4.78, 5) is 27.3. The van der Waals surface area contributed by atoms with Crippen LogP contribution in [0, 0.1) is 10.1 Å². The van der Waals surface area contributed by atoms with Crippen LogP contribution in [0.1, 0.15) is 10.6 Å². The SMILES string of the molecule is O=C(Oc1c([N+](=O)[O-])ccc2cccnc12)c1occ2ccccc12. The lowest BCUT2D eigenvalue weighted by Crippen LogP contribution is -2.10. The molecule has 0 N–H and O–H groups in total. The molecule has 4 aromatic rings. The Bertz CT molecular complexity index is 1130. The summed E-state index contributed by atoms with van der Waals surface area (Å²) in [6.07, 6.45) is 2.91. The second-order valence-electron chi connectivity index (χ2n) is 5.29. The van der Waals surface area contributed by atoms with Crippen molar-refractivity contribution in [1.29, 1.82) is 0 Å². The second-order valence-corrected chi connectivity index (χ2v) is 5.29. The third-order valence-corrected chi connectivity index (χ3v) is 3.79. The molecule has 25 heavy (non-hydrogen) atoms. The van der Waals surface area contributed by atoms with Crippen LogP contribution in [-0.2, 0) is 0 Å². The number of pyridine rings is 1. The standard InChI is InChI=1S/C18H10N2O5/c21-18(16-13-6-2-1-4-12(13)10-24-16)25-17-14(20(22)23)8-7-11-5-3-9-19-15(11)17/h1-10H. The zero-order valence-corrected chi connectivity index (χ0v) is 12.7. The third kappa shape index (κ3) is 2.47. The summed E-state index contributed by atoms with van der Waals surface area (Å²) in [7, 11) is 0. The fourth-order valence-corrected chi connectivity index (χ4v) is 2.64. The van der Waals surface area contributed by atoms with Crippen LogP contribution in [-0.4, -0.2) is 15.9 Å². The van der Waals surface area contributed by atoms with Gasteiger partial charge in [0.05, 0.1) is 11.2 Å². The summed E-state index contributed by atoms with van der Waals surface area (Å²) in [5.41, 5.74) is -0.101. The maximum atomic E-state index is 12.5. The summed E-state index contributed by atoms with van der Waals surface area (Å²) in [6.45, 7) is 0. The molecule has 2 aromatic carbocycles. The normalized spacial score (nSPS) is 10.9. The number of hydrogen-bond donors (Lipinski definition) is 0. The maximum absolute atomic E-state index is 12.5. The molecular formula is C18H10N2O5. The minimum atomic E-state index is -0.817. The van der Waals surface area contributed by atoms with Crippen molar-refractivity contribution in [2.45, 2.75) is 0 Å². The Balaban J connectivity index is 1.83. The maximum Gasteiger partial charge on any atom is 0.380 e. The van der Waals surface area contributed by atoms with Gasteiger partial charge in [0.15, 0.2) is 0 Å². The van der Waals surface area contributed by atoms with Crippen molar-refractivity contribution in [3.8, 4) is 5.75 Å². The topological polar surface area (TPSA) is 95.5 Å². The molecule has 0 aliphatic rings. The first-order valence-corrected chi connectivity index (χ1v) is 7.35. The number of esters is 1. The Kier molecular flexibility index (Phi) is 3.39. The lowest BCUT2D eigenvalue weighted by molar-refractivity contribution is -0.385. The molecule has 122 valence electrons. The van der Waals surface area contributed by atoms with Gasteiger partial charge in [-0.15, -0.1) is 0 Å². The Morgan fingerprint density at radius 1 is 1.08 bits per heavy atom. The predicted molar refractivity (Wildman–Crippen MR) is 89.6 cm³/mol. The van der Waals surface area contributed by atoms with Crippen molar-refractivity contribution in [3.63, 3.8) is 0 Å². The van der Waals surface area contributed by atoms with Crippen LogP contribution in [0.15, 0.2) is 65.4 Å². The van der Waals surface area contributed by atoms with Crippen LogP contribution in [0.25, 0.3) is 21.7 Å². The van der Waals surface area contributed by atoms with E-state index in [0.717, 1.165) is 5.39 Å². The highest BCUT2D eigenvalue weighted by Gasteiger charge is 2.25. The molecule has 0 amide bonds. The molecule has 0 unspecified atom stereocenters. The summed E-state index contributed by atoms with van der Waals surface area (Å²) in [6, 6.07) is 13.3. The molecule has 0 atom stereocenters. The number of nitro benzene ring substituents is 1. The number of hydrogen-bond acceptors (Lipinski definition) is 6. The monoisotopic (exact) mass is 334 g/mol. The van der Waals surface area contributed by atoms with E-state index >= 15 is 0 Å². The predicted octanol–water partition coefficient (Wildman–Crippen LogP) is 4.11. The number of ether oxygens (including phenoxy) is 1. The van der Waals surface area contributed by atoms with E-state index in [1.165, 1.54) is 18.5 Å². The van der Waals surface area contributed by atoms with E-state index in [1.54, 1.807) is 36.4 Å². The number of furan rings is 1. The van der Waals surface area contributed by atoms with Crippen LogP contribution in [0.4, 0.5) is 5.69 Å². The summed E-state index contributed by atoms with van der Waals surface area (Å²) >= 11 is 0. The van der Waals surface area contributed by atoms with Crippen LogP contribution >= 0.6 is 0 Å². The largest absolute Gasteiger partial charge is 0.456 e. The van der Waals surface area contributed by atoms with Crippen molar-refractivity contribution < 1.29 is 18.9 Å². The zero-order valence-electron chi connectivity index (χ0n) is 12.7. The molecule has 0 saturated heterocycles. The Morgan fingerprint density at radius 3 is 2.72 bits per heavy atom. The fraction of sp³-hybridized carbons (Fsp3) is 0. The van der Waals surface area contributed by atoms with Crippen LogP contribution in [0.5, 0.6) is 5.75 Å². The van der Waals surface area contributed by atoms with E-state index < -0.39 is 10.9 Å². The zero-order chi connectivity index (χ0) is 17.4. The van der Waals surface area contributed by atoms with Crippen molar-refractivity contribution in [2.24, 2.45) is 0 Å². The summed E-state index contributed by atoms with van der Waals surface area (Å²) in [5, 5.41) is 13.2. The second kappa shape index (κ2) is 5.72. The summed E-state index contributed by atoms with van der Waals surface area (Å²) < 4.78 is 10.6. The highest BCUT2D eigenvalue weighted by atomic mass is 16.6. The van der Waals surface area contributed by atoms with Gasteiger partial charge in [-0.2, -0.15) is 0 Å². The first-order chi connectivity index (χ1) is 12.1. The molecule has 0 saturated carbocycles. The van der Waals surface area contributed by atoms with Crippen molar-refractivity contribution in [2.75, 3.05) is 0 Å². The highest BCUT2D eigenvalue weighted by molar-refractivity contribution is 6.04. The highest BCUT2D eigenvalue weighted by Crippen LogP contribution is 2.35. The molecule has 4 rings (SSSR count). The number of carbonyl (C=O) groups excluding carboxylic acids is 1. The van der Waals surface area contributed by atoms with Gasteiger partial charge in [-0.3, -0.25) is 15.1 Å². The molecule has 0 spiro atoms. The third-order valence-electron chi connectivity index (χ3n) is 3.79.